The number of nitro benzene ring substituents is 1. The Kier molecular flexibility index (Phi) is 7.57. The Labute approximate surface area is 163 Å². The van der Waals surface area contributed by atoms with Gasteiger partial charge in [-0.15, -0.1) is 0 Å². The van der Waals surface area contributed by atoms with Gasteiger partial charge in [-0.25, -0.2) is 4.79 Å². The zero-order valence-corrected chi connectivity index (χ0v) is 17.2. The second-order valence-electron chi connectivity index (χ2n) is 5.89. The van der Waals surface area contributed by atoms with E-state index in [9.17, 15) is 14.9 Å². The van der Waals surface area contributed by atoms with E-state index in [2.05, 4.69) is 5.32 Å². The van der Waals surface area contributed by atoms with Crippen molar-refractivity contribution in [3.8, 4) is 11.5 Å². The van der Waals surface area contributed by atoms with Crippen LogP contribution in [-0.2, 0) is 18.0 Å². The number of amides is 1. The number of rotatable bonds is 10. The number of nitrogens with zero attached hydrogens (tertiary/aromatic N) is 1. The normalized spacial score (nSPS) is 13.9. The molecule has 156 valence electrons. The van der Waals surface area contributed by atoms with E-state index in [0.29, 0.717) is 24.8 Å². The van der Waals surface area contributed by atoms with Crippen LogP contribution in [0.2, 0.25) is 6.04 Å². The monoisotopic (exact) mass is 416 g/mol. The lowest BCUT2D eigenvalue weighted by atomic mass is 10.1. The van der Waals surface area contributed by atoms with Gasteiger partial charge >= 0.3 is 14.9 Å². The third kappa shape index (κ3) is 5.10. The number of nitrogens with one attached hydrogen (secondary N) is 1. The molecule has 28 heavy (non-hydrogen) atoms. The summed E-state index contributed by atoms with van der Waals surface area (Å²) in [4.78, 5) is 22.8. The van der Waals surface area contributed by atoms with Crippen molar-refractivity contribution in [3.63, 3.8) is 0 Å². The molecular formula is C16H24N2O9Si. The first-order valence-electron chi connectivity index (χ1n) is 8.53. The maximum absolute atomic E-state index is 12.0. The zero-order valence-electron chi connectivity index (χ0n) is 16.2. The molecule has 1 heterocycles. The lowest BCUT2D eigenvalue weighted by Crippen LogP contribution is -2.43. The Morgan fingerprint density at radius 1 is 1.25 bits per heavy atom. The van der Waals surface area contributed by atoms with Gasteiger partial charge in [0.25, 0.3) is 5.69 Å². The Morgan fingerprint density at radius 2 is 1.86 bits per heavy atom. The molecular weight excluding hydrogens is 392 g/mol. The highest BCUT2D eigenvalue weighted by Gasteiger charge is 2.37. The number of ether oxygens (including phenoxy) is 3. The molecule has 1 aromatic rings. The van der Waals surface area contributed by atoms with Gasteiger partial charge in [-0.3, -0.25) is 10.1 Å². The van der Waals surface area contributed by atoms with Crippen LogP contribution in [0.1, 0.15) is 25.0 Å². The van der Waals surface area contributed by atoms with Gasteiger partial charge in [0, 0.05) is 33.9 Å². The summed E-state index contributed by atoms with van der Waals surface area (Å²) in [6, 6.07) is 3.23. The van der Waals surface area contributed by atoms with E-state index in [4.69, 9.17) is 27.5 Å². The molecule has 2 rings (SSSR count). The standard InChI is InChI=1S/C16H24N2O9Si/c1-11(12-8-14-15(26-10-25-14)9-13(12)18(20)21)27-16(19)17-6-5-7-28(22-2,23-3)24-4/h8-9,11H,5-7,10H2,1-4H3,(H,17,19). The summed E-state index contributed by atoms with van der Waals surface area (Å²) in [5.74, 6) is 0.658. The second kappa shape index (κ2) is 9.68. The van der Waals surface area contributed by atoms with Crippen LogP contribution in [0.15, 0.2) is 12.1 Å². The fraction of sp³-hybridized carbons (Fsp3) is 0.562. The van der Waals surface area contributed by atoms with Crippen molar-refractivity contribution in [1.29, 1.82) is 0 Å². The van der Waals surface area contributed by atoms with Gasteiger partial charge in [0.15, 0.2) is 11.5 Å². The van der Waals surface area contributed by atoms with E-state index in [0.717, 1.165) is 0 Å². The van der Waals surface area contributed by atoms with Crippen molar-refractivity contribution in [2.45, 2.75) is 25.5 Å². The van der Waals surface area contributed by atoms with Crippen molar-refractivity contribution < 1.29 is 37.2 Å². The maximum atomic E-state index is 12.0. The fourth-order valence-electron chi connectivity index (χ4n) is 2.75. The van der Waals surface area contributed by atoms with Crippen molar-refractivity contribution in [2.75, 3.05) is 34.7 Å². The van der Waals surface area contributed by atoms with Crippen LogP contribution in [0.3, 0.4) is 0 Å². The van der Waals surface area contributed by atoms with Crippen LogP contribution in [0.25, 0.3) is 0 Å². The first kappa shape index (κ1) is 21.9. The number of nitro groups is 1. The molecule has 0 fully saturated rings. The summed E-state index contributed by atoms with van der Waals surface area (Å²) < 4.78 is 31.6. The number of fused-ring (bicyclic) bond motifs is 1. The number of hydrogen-bond donors (Lipinski definition) is 1. The van der Waals surface area contributed by atoms with Crippen molar-refractivity contribution in [1.82, 2.24) is 5.32 Å². The van der Waals surface area contributed by atoms with E-state index in [1.165, 1.54) is 33.5 Å². The summed E-state index contributed by atoms with van der Waals surface area (Å²) in [6.45, 7) is 1.84. The Hall–Kier alpha value is -2.41. The predicted molar refractivity (Wildman–Crippen MR) is 98.3 cm³/mol. The fourth-order valence-corrected chi connectivity index (χ4v) is 4.47. The SMILES string of the molecule is CO[Si](CCCNC(=O)OC(C)c1cc2c(cc1[N+](=O)[O-])OCO2)(OC)OC. The molecule has 0 bridgehead atoms. The average molecular weight is 416 g/mol. The van der Waals surface area contributed by atoms with Crippen molar-refractivity contribution >= 4 is 20.6 Å². The highest BCUT2D eigenvalue weighted by molar-refractivity contribution is 6.60. The number of carbonyl (C=O) groups is 1. The number of benzene rings is 1. The minimum atomic E-state index is -2.70. The van der Waals surface area contributed by atoms with E-state index in [1.54, 1.807) is 6.92 Å². The van der Waals surface area contributed by atoms with Crippen LogP contribution in [0.5, 0.6) is 11.5 Å². The summed E-state index contributed by atoms with van der Waals surface area (Å²) in [5.41, 5.74) is 0.00888. The molecule has 0 saturated heterocycles. The van der Waals surface area contributed by atoms with Crippen LogP contribution >= 0.6 is 0 Å². The number of hydrogen-bond acceptors (Lipinski definition) is 9. The molecule has 0 aliphatic carbocycles. The number of alkyl carbamates (subject to hydrolysis) is 1. The minimum absolute atomic E-state index is 0.0130. The molecule has 1 amide bonds. The predicted octanol–water partition coefficient (Wildman–Crippen LogP) is 2.38. The maximum Gasteiger partial charge on any atom is 0.500 e. The van der Waals surface area contributed by atoms with Crippen molar-refractivity contribution in [3.05, 3.63) is 27.8 Å². The largest absolute Gasteiger partial charge is 0.500 e. The molecule has 0 saturated carbocycles. The highest BCUT2D eigenvalue weighted by atomic mass is 28.4. The smallest absolute Gasteiger partial charge is 0.454 e. The lowest BCUT2D eigenvalue weighted by molar-refractivity contribution is -0.386. The molecule has 1 unspecified atom stereocenters. The Balaban J connectivity index is 1.91. The third-order valence-electron chi connectivity index (χ3n) is 4.30. The highest BCUT2D eigenvalue weighted by Crippen LogP contribution is 2.40. The van der Waals surface area contributed by atoms with E-state index < -0.39 is 25.9 Å². The summed E-state index contributed by atoms with van der Waals surface area (Å²) >= 11 is 0. The van der Waals surface area contributed by atoms with Crippen molar-refractivity contribution in [2.24, 2.45) is 0 Å². The summed E-state index contributed by atoms with van der Waals surface area (Å²) in [6.07, 6.45) is -1.01. The zero-order chi connectivity index (χ0) is 20.7. The molecule has 12 heteroatoms. The van der Waals surface area contributed by atoms with Crippen LogP contribution in [0, 0.1) is 10.1 Å². The van der Waals surface area contributed by atoms with E-state index in [1.807, 2.05) is 0 Å². The molecule has 0 aromatic heterocycles. The summed E-state index contributed by atoms with van der Waals surface area (Å²) in [5, 5.41) is 13.9. The molecule has 1 aliphatic heterocycles. The second-order valence-corrected chi connectivity index (χ2v) is 8.99. The van der Waals surface area contributed by atoms with Crippen LogP contribution < -0.4 is 14.8 Å². The topological polar surface area (TPSA) is 128 Å². The van der Waals surface area contributed by atoms with Gasteiger partial charge in [-0.1, -0.05) is 0 Å². The van der Waals surface area contributed by atoms with Gasteiger partial charge in [-0.05, 0) is 19.4 Å². The minimum Gasteiger partial charge on any atom is -0.454 e. The molecule has 1 atom stereocenters. The molecule has 1 N–H and O–H groups in total. The molecule has 0 radical (unpaired) electrons. The van der Waals surface area contributed by atoms with Gasteiger partial charge in [0.1, 0.15) is 6.10 Å². The number of carbonyl (C=O) groups excluding carboxylic acids is 1. The average Bonchev–Trinajstić information content (AvgIpc) is 3.15. The van der Waals surface area contributed by atoms with E-state index >= 15 is 0 Å². The van der Waals surface area contributed by atoms with Gasteiger partial charge in [0.05, 0.1) is 16.6 Å². The molecule has 11 nitrogen and oxygen atoms in total. The first-order valence-corrected chi connectivity index (χ1v) is 10.5. The quantitative estimate of drug-likeness (QED) is 0.264. The first-order chi connectivity index (χ1) is 13.4. The van der Waals surface area contributed by atoms with Gasteiger partial charge in [-0.2, -0.15) is 0 Å². The third-order valence-corrected chi connectivity index (χ3v) is 7.13. The molecule has 1 aromatic carbocycles. The summed E-state index contributed by atoms with van der Waals surface area (Å²) in [7, 11) is 1.85. The Morgan fingerprint density at radius 3 is 2.43 bits per heavy atom. The van der Waals surface area contributed by atoms with Crippen LogP contribution in [-0.4, -0.2) is 54.5 Å². The lowest BCUT2D eigenvalue weighted by Gasteiger charge is -2.24. The molecule has 0 spiro atoms. The van der Waals surface area contributed by atoms with E-state index in [-0.39, 0.29) is 23.8 Å². The molecule has 1 aliphatic rings. The Bertz CT molecular complexity index is 703. The van der Waals surface area contributed by atoms with Crippen LogP contribution in [0.4, 0.5) is 10.5 Å². The van der Waals surface area contributed by atoms with Gasteiger partial charge < -0.3 is 32.8 Å². The van der Waals surface area contributed by atoms with Gasteiger partial charge in [0.2, 0.25) is 6.79 Å².